The van der Waals surface area contributed by atoms with Gasteiger partial charge in [-0.2, -0.15) is 0 Å². The molecule has 218 valence electrons. The van der Waals surface area contributed by atoms with Crippen LogP contribution in [-0.4, -0.2) is 78.0 Å². The Balaban J connectivity index is 1.97. The van der Waals surface area contributed by atoms with Gasteiger partial charge in [0.15, 0.2) is 0 Å². The number of anilines is 1. The van der Waals surface area contributed by atoms with Gasteiger partial charge in [-0.05, 0) is 0 Å². The van der Waals surface area contributed by atoms with Gasteiger partial charge >= 0.3 is 244 Å². The maximum atomic E-state index is 14.5. The zero-order valence-electron chi connectivity index (χ0n) is 24.2. The first-order valence-corrected chi connectivity index (χ1v) is 23.8. The Morgan fingerprint density at radius 3 is 2.00 bits per heavy atom. The Labute approximate surface area is 243 Å². The van der Waals surface area contributed by atoms with Crippen LogP contribution in [0.2, 0.25) is 13.3 Å². The Bertz CT molecular complexity index is 1360. The molecule has 0 saturated carbocycles. The Kier molecular flexibility index (Phi) is 10.4. The van der Waals surface area contributed by atoms with Crippen molar-refractivity contribution in [2.75, 3.05) is 31.1 Å². The first-order chi connectivity index (χ1) is 19.3. The number of amides is 1. The Hall–Kier alpha value is -2.27. The molecule has 1 aliphatic heterocycles. The molecule has 1 aliphatic rings. The average Bonchev–Trinajstić information content (AvgIpc) is 3.39. The molecule has 1 saturated heterocycles. The number of hydrogen-bond acceptors (Lipinski definition) is 5. The molecule has 1 N–H and O–H groups in total. The molecule has 3 heterocycles. The van der Waals surface area contributed by atoms with E-state index in [2.05, 4.69) is 31.7 Å². The second-order valence-electron chi connectivity index (χ2n) is 11.0. The average molecular weight is 675 g/mol. The summed E-state index contributed by atoms with van der Waals surface area (Å²) in [6.45, 7) is 8.64. The molecule has 0 unspecified atom stereocenters. The van der Waals surface area contributed by atoms with Crippen LogP contribution < -0.4 is 8.61 Å². The summed E-state index contributed by atoms with van der Waals surface area (Å²) in [4.78, 5) is 20.2. The van der Waals surface area contributed by atoms with Gasteiger partial charge in [0.25, 0.3) is 0 Å². The van der Waals surface area contributed by atoms with Crippen LogP contribution in [0, 0.1) is 0 Å². The molecular weight excluding hydrogens is 631 g/mol. The van der Waals surface area contributed by atoms with E-state index < -0.39 is 34.5 Å². The molecule has 10 heteroatoms. The molecule has 0 radical (unpaired) electrons. The first-order valence-electron chi connectivity index (χ1n) is 14.8. The van der Waals surface area contributed by atoms with Crippen molar-refractivity contribution >= 4 is 54.9 Å². The van der Waals surface area contributed by atoms with Crippen LogP contribution in [0.15, 0.2) is 53.6 Å². The number of piperazine rings is 1. The summed E-state index contributed by atoms with van der Waals surface area (Å²) in [6.07, 6.45) is 7.46. The van der Waals surface area contributed by atoms with Gasteiger partial charge in [0.05, 0.1) is 0 Å². The molecule has 0 aliphatic carbocycles. The van der Waals surface area contributed by atoms with E-state index in [1.807, 2.05) is 12.1 Å². The number of pyridine rings is 1. The SMILES string of the molecule is CCC[CH2][Sn]([CH2]CCC)([CH2]CCC)[c]1cc2c(N3CCN(C(=O)O)CC3)ccnc2n1S(=O)(=O)c1ccccc1. The van der Waals surface area contributed by atoms with Crippen LogP contribution in [0.25, 0.3) is 11.0 Å². The molecule has 1 amide bonds. The standard InChI is InChI=1S/C18H17N4O4S.3C4H9.Sn/c23-18(24)21-12-10-20(11-13-21)16-6-8-19-17-15(16)7-9-22(17)27(25,26)14-4-2-1-3-5-14;3*1-3-4-2;/h1-8H,10-13H2,(H,23,24);3*1,3-4H2,2H3;. The Morgan fingerprint density at radius 2 is 1.48 bits per heavy atom. The number of benzene rings is 1. The number of carbonyl (C=O) groups is 1. The minimum absolute atomic E-state index is 0.290. The van der Waals surface area contributed by atoms with E-state index in [1.54, 1.807) is 34.4 Å². The van der Waals surface area contributed by atoms with Gasteiger partial charge < -0.3 is 0 Å². The van der Waals surface area contributed by atoms with Crippen molar-refractivity contribution in [1.82, 2.24) is 13.9 Å². The number of aromatic nitrogens is 2. The van der Waals surface area contributed by atoms with Crippen molar-refractivity contribution in [1.29, 1.82) is 0 Å². The van der Waals surface area contributed by atoms with Crippen LogP contribution in [0.1, 0.15) is 59.3 Å². The molecule has 8 nitrogen and oxygen atoms in total. The van der Waals surface area contributed by atoms with Crippen molar-refractivity contribution in [3.05, 3.63) is 48.7 Å². The van der Waals surface area contributed by atoms with Crippen molar-refractivity contribution in [2.45, 2.75) is 77.5 Å². The van der Waals surface area contributed by atoms with Crippen LogP contribution in [0.5, 0.6) is 0 Å². The monoisotopic (exact) mass is 676 g/mol. The third kappa shape index (κ3) is 6.30. The Morgan fingerprint density at radius 1 is 0.900 bits per heavy atom. The number of nitrogens with zero attached hydrogens (tertiary/aromatic N) is 4. The molecular formula is C30H44N4O4SSn. The summed E-state index contributed by atoms with van der Waals surface area (Å²) in [5, 5.41) is 10.3. The van der Waals surface area contributed by atoms with Gasteiger partial charge in [-0.1, -0.05) is 0 Å². The molecule has 1 aromatic carbocycles. The van der Waals surface area contributed by atoms with Crippen LogP contribution >= 0.6 is 0 Å². The predicted molar refractivity (Wildman–Crippen MR) is 165 cm³/mol. The fourth-order valence-electron chi connectivity index (χ4n) is 6.09. The number of fused-ring (bicyclic) bond motifs is 1. The number of unbranched alkanes of at least 4 members (excludes halogenated alkanes) is 3. The predicted octanol–water partition coefficient (Wildman–Crippen LogP) is 6.13. The molecule has 40 heavy (non-hydrogen) atoms. The summed E-state index contributed by atoms with van der Waals surface area (Å²) in [5.41, 5.74) is 1.45. The topological polar surface area (TPSA) is 95.7 Å². The van der Waals surface area contributed by atoms with Gasteiger partial charge in [0.1, 0.15) is 0 Å². The molecule has 0 atom stereocenters. The fraction of sp³-hybridized carbons (Fsp3) is 0.533. The van der Waals surface area contributed by atoms with Gasteiger partial charge in [0, 0.05) is 0 Å². The van der Waals surface area contributed by atoms with Gasteiger partial charge in [-0.25, -0.2) is 0 Å². The van der Waals surface area contributed by atoms with E-state index in [-0.39, 0.29) is 4.90 Å². The van der Waals surface area contributed by atoms with Crippen molar-refractivity contribution < 1.29 is 18.3 Å². The third-order valence-electron chi connectivity index (χ3n) is 8.38. The molecule has 4 rings (SSSR count). The number of carboxylic acid groups (broad SMARTS) is 1. The molecule has 0 spiro atoms. The van der Waals surface area contributed by atoms with E-state index in [1.165, 1.54) is 4.90 Å². The van der Waals surface area contributed by atoms with E-state index in [4.69, 9.17) is 4.98 Å². The summed E-state index contributed by atoms with van der Waals surface area (Å²) in [5.74, 6) is 0. The molecule has 0 bridgehead atoms. The fourth-order valence-corrected chi connectivity index (χ4v) is 25.8. The zero-order valence-corrected chi connectivity index (χ0v) is 27.9. The van der Waals surface area contributed by atoms with Crippen LogP contribution in [-0.2, 0) is 10.0 Å². The summed E-state index contributed by atoms with van der Waals surface area (Å²) < 4.78 is 35.1. The normalized spacial score (nSPS) is 14.7. The quantitative estimate of drug-likeness (QED) is 0.219. The molecule has 2 aromatic heterocycles. The van der Waals surface area contributed by atoms with Gasteiger partial charge in [-0.15, -0.1) is 0 Å². The van der Waals surface area contributed by atoms with Crippen molar-refractivity contribution in [3.8, 4) is 0 Å². The first kappa shape index (κ1) is 30.7. The van der Waals surface area contributed by atoms with Crippen LogP contribution in [0.4, 0.5) is 10.5 Å². The maximum absolute atomic E-state index is 14.5. The number of rotatable bonds is 13. The molecule has 3 aromatic rings. The summed E-state index contributed by atoms with van der Waals surface area (Å²) in [6, 6.07) is 12.9. The van der Waals surface area contributed by atoms with Gasteiger partial charge in [-0.3, -0.25) is 0 Å². The van der Waals surface area contributed by atoms with Crippen molar-refractivity contribution in [2.24, 2.45) is 0 Å². The van der Waals surface area contributed by atoms with E-state index in [9.17, 15) is 18.3 Å². The third-order valence-corrected chi connectivity index (χ3v) is 25.9. The van der Waals surface area contributed by atoms with Gasteiger partial charge in [0.2, 0.25) is 0 Å². The summed E-state index contributed by atoms with van der Waals surface area (Å²) >= 11 is -3.28. The second kappa shape index (κ2) is 13.6. The molecule has 1 fully saturated rings. The van der Waals surface area contributed by atoms with E-state index >= 15 is 0 Å². The number of hydrogen-bond donors (Lipinski definition) is 1. The second-order valence-corrected chi connectivity index (χ2v) is 25.9. The minimum atomic E-state index is -3.88. The van der Waals surface area contributed by atoms with Crippen molar-refractivity contribution in [3.63, 3.8) is 0 Å². The van der Waals surface area contributed by atoms with Crippen LogP contribution in [0.3, 0.4) is 0 Å². The van der Waals surface area contributed by atoms with E-state index in [0.717, 1.165) is 66.6 Å². The zero-order chi connectivity index (χ0) is 28.8. The summed E-state index contributed by atoms with van der Waals surface area (Å²) in [7, 11) is -3.88. The van der Waals surface area contributed by atoms with E-state index in [0.29, 0.717) is 31.8 Å².